The summed E-state index contributed by atoms with van der Waals surface area (Å²) in [4.78, 5) is 0.344. The Bertz CT molecular complexity index is 530. The molecule has 1 saturated heterocycles. The Morgan fingerprint density at radius 2 is 2.05 bits per heavy atom. The Morgan fingerprint density at radius 1 is 1.35 bits per heavy atom. The van der Waals surface area contributed by atoms with E-state index in [0.29, 0.717) is 30.5 Å². The van der Waals surface area contributed by atoms with E-state index in [9.17, 15) is 8.42 Å². The van der Waals surface area contributed by atoms with Crippen LogP contribution in [-0.4, -0.2) is 44.4 Å². The Kier molecular flexibility index (Phi) is 5.43. The fraction of sp³-hybridized carbons (Fsp3) is 0.571. The number of benzene rings is 1. The molecular weight excluding hydrogens is 298 g/mol. The topological polar surface area (TPSA) is 46.6 Å². The Balaban J connectivity index is 2.24. The van der Waals surface area contributed by atoms with Crippen LogP contribution in [0.2, 0.25) is 0 Å². The molecule has 1 unspecified atom stereocenters. The van der Waals surface area contributed by atoms with E-state index in [-0.39, 0.29) is 6.04 Å². The van der Waals surface area contributed by atoms with Gasteiger partial charge in [0, 0.05) is 18.5 Å². The van der Waals surface area contributed by atoms with E-state index in [0.717, 1.165) is 18.4 Å². The highest BCUT2D eigenvalue weighted by molar-refractivity contribution is 7.89. The molecule has 0 N–H and O–H groups in total. The Hall–Kier alpha value is -0.620. The predicted molar refractivity (Wildman–Crippen MR) is 79.7 cm³/mol. The highest BCUT2D eigenvalue weighted by Crippen LogP contribution is 2.22. The second-order valence-electron chi connectivity index (χ2n) is 4.84. The molecule has 1 aromatic carbocycles. The largest absolute Gasteiger partial charge is 0.378 e. The maximum absolute atomic E-state index is 12.7. The second-order valence-corrected chi connectivity index (χ2v) is 7.10. The van der Waals surface area contributed by atoms with Gasteiger partial charge in [-0.1, -0.05) is 19.1 Å². The van der Waals surface area contributed by atoms with E-state index in [1.165, 1.54) is 0 Å². The molecule has 0 saturated carbocycles. The highest BCUT2D eigenvalue weighted by Gasteiger charge is 2.32. The van der Waals surface area contributed by atoms with E-state index in [1.54, 1.807) is 16.4 Å². The van der Waals surface area contributed by atoms with Gasteiger partial charge in [0.05, 0.1) is 18.1 Å². The zero-order valence-electron chi connectivity index (χ0n) is 11.6. The number of sulfonamides is 1. The molecule has 2 rings (SSSR count). The zero-order chi connectivity index (χ0) is 14.6. The van der Waals surface area contributed by atoms with Crippen LogP contribution >= 0.6 is 11.6 Å². The van der Waals surface area contributed by atoms with Gasteiger partial charge in [0.25, 0.3) is 0 Å². The molecule has 1 fully saturated rings. The lowest BCUT2D eigenvalue weighted by Crippen LogP contribution is -2.48. The number of alkyl halides is 1. The number of hydrogen-bond acceptors (Lipinski definition) is 3. The third-order valence-electron chi connectivity index (χ3n) is 3.56. The average molecular weight is 318 g/mol. The molecule has 0 aliphatic carbocycles. The summed E-state index contributed by atoms with van der Waals surface area (Å²) in [7, 11) is -3.43. The van der Waals surface area contributed by atoms with Gasteiger partial charge in [0.15, 0.2) is 0 Å². The van der Waals surface area contributed by atoms with Crippen molar-refractivity contribution in [3.63, 3.8) is 0 Å². The molecule has 0 amide bonds. The van der Waals surface area contributed by atoms with Crippen molar-refractivity contribution < 1.29 is 13.2 Å². The molecule has 6 heteroatoms. The minimum absolute atomic E-state index is 0.0729. The second kappa shape index (κ2) is 6.89. The summed E-state index contributed by atoms with van der Waals surface area (Å²) in [5, 5.41) is 0. The third-order valence-corrected chi connectivity index (χ3v) is 5.71. The SMILES string of the molecule is CCC1COCCN1S(=O)(=O)c1ccc(CCCl)cc1. The van der Waals surface area contributed by atoms with Crippen LogP contribution in [0.5, 0.6) is 0 Å². The molecule has 1 aromatic rings. The summed E-state index contributed by atoms with van der Waals surface area (Å²) in [5.41, 5.74) is 1.05. The van der Waals surface area contributed by atoms with E-state index >= 15 is 0 Å². The molecule has 20 heavy (non-hydrogen) atoms. The number of morpholine rings is 1. The standard InChI is InChI=1S/C14H20ClNO3S/c1-2-13-11-19-10-9-16(13)20(17,18)14-5-3-12(4-6-14)7-8-15/h3-6,13H,2,7-11H2,1H3. The van der Waals surface area contributed by atoms with Crippen LogP contribution < -0.4 is 0 Å². The molecule has 1 heterocycles. The molecule has 0 radical (unpaired) electrons. The smallest absolute Gasteiger partial charge is 0.243 e. The number of aryl methyl sites for hydroxylation is 1. The highest BCUT2D eigenvalue weighted by atomic mass is 35.5. The van der Waals surface area contributed by atoms with Crippen molar-refractivity contribution in [3.05, 3.63) is 29.8 Å². The van der Waals surface area contributed by atoms with Gasteiger partial charge in [-0.05, 0) is 30.5 Å². The van der Waals surface area contributed by atoms with Gasteiger partial charge in [0.1, 0.15) is 0 Å². The number of ether oxygens (including phenoxy) is 1. The lowest BCUT2D eigenvalue weighted by atomic mass is 10.2. The first-order valence-corrected chi connectivity index (χ1v) is 8.81. The molecule has 112 valence electrons. The fourth-order valence-electron chi connectivity index (χ4n) is 2.35. The quantitative estimate of drug-likeness (QED) is 0.783. The molecule has 0 bridgehead atoms. The van der Waals surface area contributed by atoms with E-state index in [4.69, 9.17) is 16.3 Å². The van der Waals surface area contributed by atoms with Crippen molar-refractivity contribution in [2.24, 2.45) is 0 Å². The van der Waals surface area contributed by atoms with Crippen LogP contribution in [0.25, 0.3) is 0 Å². The van der Waals surface area contributed by atoms with Gasteiger partial charge >= 0.3 is 0 Å². The maximum Gasteiger partial charge on any atom is 0.243 e. The van der Waals surface area contributed by atoms with Gasteiger partial charge in [-0.2, -0.15) is 4.31 Å². The predicted octanol–water partition coefficient (Wildman–Crippen LogP) is 2.27. The van der Waals surface area contributed by atoms with Crippen LogP contribution in [0, 0.1) is 0 Å². The summed E-state index contributed by atoms with van der Waals surface area (Å²) < 4.78 is 32.3. The third kappa shape index (κ3) is 3.34. The van der Waals surface area contributed by atoms with Crippen molar-refractivity contribution >= 4 is 21.6 Å². The normalized spacial score (nSPS) is 21.0. The summed E-state index contributed by atoms with van der Waals surface area (Å²) >= 11 is 5.69. The van der Waals surface area contributed by atoms with Gasteiger partial charge in [-0.3, -0.25) is 0 Å². The minimum Gasteiger partial charge on any atom is -0.378 e. The van der Waals surface area contributed by atoms with Gasteiger partial charge in [-0.15, -0.1) is 11.6 Å². The molecule has 1 aliphatic rings. The van der Waals surface area contributed by atoms with E-state index in [2.05, 4.69) is 0 Å². The molecule has 1 aliphatic heterocycles. The van der Waals surface area contributed by atoms with Crippen molar-refractivity contribution in [2.45, 2.75) is 30.7 Å². The van der Waals surface area contributed by atoms with E-state index < -0.39 is 10.0 Å². The van der Waals surface area contributed by atoms with Gasteiger partial charge in [0.2, 0.25) is 10.0 Å². The van der Waals surface area contributed by atoms with Crippen molar-refractivity contribution in [2.75, 3.05) is 25.6 Å². The lowest BCUT2D eigenvalue weighted by molar-refractivity contribution is 0.0314. The van der Waals surface area contributed by atoms with Gasteiger partial charge in [-0.25, -0.2) is 8.42 Å². The minimum atomic E-state index is -3.43. The Morgan fingerprint density at radius 3 is 2.65 bits per heavy atom. The molecule has 1 atom stereocenters. The molecule has 0 spiro atoms. The first kappa shape index (κ1) is 15.8. The van der Waals surface area contributed by atoms with Crippen LogP contribution in [0.4, 0.5) is 0 Å². The molecule has 0 aromatic heterocycles. The maximum atomic E-state index is 12.7. The van der Waals surface area contributed by atoms with Crippen molar-refractivity contribution in [1.82, 2.24) is 4.31 Å². The van der Waals surface area contributed by atoms with Crippen molar-refractivity contribution in [1.29, 1.82) is 0 Å². The monoisotopic (exact) mass is 317 g/mol. The van der Waals surface area contributed by atoms with Crippen molar-refractivity contribution in [3.8, 4) is 0 Å². The zero-order valence-corrected chi connectivity index (χ0v) is 13.2. The van der Waals surface area contributed by atoms with Crippen LogP contribution in [0.3, 0.4) is 0 Å². The number of hydrogen-bond donors (Lipinski definition) is 0. The summed E-state index contributed by atoms with van der Waals surface area (Å²) in [6, 6.07) is 6.92. The first-order chi connectivity index (χ1) is 9.59. The molecule has 4 nitrogen and oxygen atoms in total. The van der Waals surface area contributed by atoms with Crippen LogP contribution in [0.15, 0.2) is 29.2 Å². The van der Waals surface area contributed by atoms with Crippen LogP contribution in [0.1, 0.15) is 18.9 Å². The van der Waals surface area contributed by atoms with Gasteiger partial charge < -0.3 is 4.74 Å². The number of nitrogens with zero attached hydrogens (tertiary/aromatic N) is 1. The summed E-state index contributed by atoms with van der Waals surface area (Å²) in [6.07, 6.45) is 1.50. The van der Waals surface area contributed by atoms with Crippen LogP contribution in [-0.2, 0) is 21.2 Å². The lowest BCUT2D eigenvalue weighted by Gasteiger charge is -2.34. The molecular formula is C14H20ClNO3S. The number of halogens is 1. The first-order valence-electron chi connectivity index (χ1n) is 6.84. The summed E-state index contributed by atoms with van der Waals surface area (Å²) in [6.45, 7) is 3.33. The number of rotatable bonds is 5. The average Bonchev–Trinajstić information content (AvgIpc) is 2.48. The Labute approximate surface area is 125 Å². The van der Waals surface area contributed by atoms with E-state index in [1.807, 2.05) is 19.1 Å². The fourth-order valence-corrected chi connectivity index (χ4v) is 4.24. The summed E-state index contributed by atoms with van der Waals surface area (Å²) in [5.74, 6) is 0.535.